The van der Waals surface area contributed by atoms with Gasteiger partial charge in [-0.25, -0.2) is 0 Å². The van der Waals surface area contributed by atoms with Gasteiger partial charge in [-0.3, -0.25) is 9.48 Å². The van der Waals surface area contributed by atoms with E-state index in [4.69, 9.17) is 4.74 Å². The minimum atomic E-state index is -0.0701. The summed E-state index contributed by atoms with van der Waals surface area (Å²) in [6.45, 7) is 6.03. The number of amides is 1. The third-order valence-electron chi connectivity index (χ3n) is 3.85. The number of nitrogens with one attached hydrogen (secondary N) is 2. The average molecular weight is 280 g/mol. The highest BCUT2D eigenvalue weighted by atomic mass is 16.5. The molecule has 0 aliphatic carbocycles. The lowest BCUT2D eigenvalue weighted by atomic mass is 10.1. The number of aromatic nitrogens is 2. The molecular weight excluding hydrogens is 256 g/mol. The van der Waals surface area contributed by atoms with E-state index < -0.39 is 0 Å². The molecule has 1 amide bonds. The van der Waals surface area contributed by atoms with Gasteiger partial charge in [-0.05, 0) is 39.8 Å². The van der Waals surface area contributed by atoms with Crippen LogP contribution in [-0.2, 0) is 16.6 Å². The maximum absolute atomic E-state index is 11.9. The Labute approximate surface area is 119 Å². The molecule has 6 heteroatoms. The Morgan fingerprint density at radius 2 is 2.30 bits per heavy atom. The topological polar surface area (TPSA) is 68.2 Å². The van der Waals surface area contributed by atoms with Crippen LogP contribution in [-0.4, -0.2) is 41.5 Å². The summed E-state index contributed by atoms with van der Waals surface area (Å²) >= 11 is 0. The molecule has 0 radical (unpaired) electrons. The normalized spacial score (nSPS) is 17.9. The smallest absolute Gasteiger partial charge is 0.246 e. The Balaban J connectivity index is 1.77. The Hall–Kier alpha value is -1.40. The summed E-state index contributed by atoms with van der Waals surface area (Å²) in [5, 5.41) is 10.4. The van der Waals surface area contributed by atoms with Gasteiger partial charge in [0, 0.05) is 18.3 Å². The Morgan fingerprint density at radius 3 is 2.90 bits per heavy atom. The summed E-state index contributed by atoms with van der Waals surface area (Å²) in [7, 11) is 1.90. The number of rotatable bonds is 5. The van der Waals surface area contributed by atoms with Crippen molar-refractivity contribution in [3.05, 3.63) is 17.5 Å². The predicted octanol–water partition coefficient (Wildman–Crippen LogP) is 0.674. The van der Waals surface area contributed by atoms with E-state index in [0.29, 0.717) is 0 Å². The molecule has 20 heavy (non-hydrogen) atoms. The second-order valence-electron chi connectivity index (χ2n) is 5.36. The van der Waals surface area contributed by atoms with Crippen molar-refractivity contribution in [1.29, 1.82) is 0 Å². The zero-order chi connectivity index (χ0) is 14.5. The number of hydrogen-bond donors (Lipinski definition) is 2. The first-order valence-corrected chi connectivity index (χ1v) is 7.18. The van der Waals surface area contributed by atoms with Gasteiger partial charge in [0.25, 0.3) is 0 Å². The van der Waals surface area contributed by atoms with E-state index in [2.05, 4.69) is 15.7 Å². The first kappa shape index (κ1) is 15.0. The third-order valence-corrected chi connectivity index (χ3v) is 3.85. The van der Waals surface area contributed by atoms with Crippen molar-refractivity contribution in [3.8, 4) is 0 Å². The summed E-state index contributed by atoms with van der Waals surface area (Å²) in [6, 6.07) is -0.0483. The van der Waals surface area contributed by atoms with Crippen molar-refractivity contribution in [1.82, 2.24) is 20.4 Å². The van der Waals surface area contributed by atoms with Crippen LogP contribution in [0, 0.1) is 6.92 Å². The number of carbonyl (C=O) groups is 1. The molecule has 2 rings (SSSR count). The van der Waals surface area contributed by atoms with Crippen LogP contribution in [0.15, 0.2) is 6.20 Å². The molecule has 1 fully saturated rings. The van der Waals surface area contributed by atoms with Gasteiger partial charge in [0.05, 0.1) is 18.3 Å². The molecule has 1 aromatic heterocycles. The number of hydrogen-bond acceptors (Lipinski definition) is 4. The quantitative estimate of drug-likeness (QED) is 0.832. The Morgan fingerprint density at radius 1 is 1.60 bits per heavy atom. The van der Waals surface area contributed by atoms with Crippen molar-refractivity contribution >= 4 is 5.91 Å². The van der Waals surface area contributed by atoms with Gasteiger partial charge in [-0.15, -0.1) is 0 Å². The first-order chi connectivity index (χ1) is 9.58. The fraction of sp³-hybridized carbons (Fsp3) is 0.714. The zero-order valence-electron chi connectivity index (χ0n) is 12.5. The van der Waals surface area contributed by atoms with Crippen LogP contribution < -0.4 is 10.6 Å². The molecule has 2 N–H and O–H groups in total. The fourth-order valence-electron chi connectivity index (χ4n) is 2.46. The summed E-state index contributed by atoms with van der Waals surface area (Å²) in [4.78, 5) is 11.9. The average Bonchev–Trinajstić information content (AvgIpc) is 2.78. The number of aryl methyl sites for hydroxylation is 1. The number of nitrogens with zero attached hydrogens (tertiary/aromatic N) is 2. The summed E-state index contributed by atoms with van der Waals surface area (Å²) in [6.07, 6.45) is 3.96. The van der Waals surface area contributed by atoms with Crippen molar-refractivity contribution in [2.45, 2.75) is 38.8 Å². The summed E-state index contributed by atoms with van der Waals surface area (Å²) in [5.74, 6) is -0.0701. The summed E-state index contributed by atoms with van der Waals surface area (Å²) < 4.78 is 7.45. The molecule has 1 aliphatic rings. The van der Waals surface area contributed by atoms with Crippen LogP contribution in [0.25, 0.3) is 0 Å². The second-order valence-corrected chi connectivity index (χ2v) is 5.36. The molecule has 0 saturated carbocycles. The molecule has 1 unspecified atom stereocenters. The van der Waals surface area contributed by atoms with Crippen LogP contribution in [0.4, 0.5) is 0 Å². The Kier molecular flexibility index (Phi) is 5.14. The highest BCUT2D eigenvalue weighted by molar-refractivity contribution is 5.77. The van der Waals surface area contributed by atoms with Crippen LogP contribution >= 0.6 is 0 Å². The van der Waals surface area contributed by atoms with Gasteiger partial charge >= 0.3 is 0 Å². The minimum absolute atomic E-state index is 0.0483. The van der Waals surface area contributed by atoms with E-state index in [1.54, 1.807) is 6.20 Å². The molecule has 1 atom stereocenters. The van der Waals surface area contributed by atoms with Gasteiger partial charge in [0.1, 0.15) is 6.61 Å². The first-order valence-electron chi connectivity index (χ1n) is 7.18. The van der Waals surface area contributed by atoms with Gasteiger partial charge in [0.15, 0.2) is 0 Å². The van der Waals surface area contributed by atoms with E-state index in [0.717, 1.165) is 37.2 Å². The predicted molar refractivity (Wildman–Crippen MR) is 76.3 cm³/mol. The minimum Gasteiger partial charge on any atom is -0.368 e. The molecule has 112 valence electrons. The molecule has 2 heterocycles. The third kappa shape index (κ3) is 3.80. The summed E-state index contributed by atoms with van der Waals surface area (Å²) in [5.41, 5.74) is 2.11. The van der Waals surface area contributed by atoms with E-state index in [-0.39, 0.29) is 24.7 Å². The molecule has 1 aromatic rings. The second kappa shape index (κ2) is 6.85. The van der Waals surface area contributed by atoms with Gasteiger partial charge in [-0.2, -0.15) is 5.10 Å². The van der Waals surface area contributed by atoms with Crippen molar-refractivity contribution < 1.29 is 9.53 Å². The van der Waals surface area contributed by atoms with E-state index in [1.807, 2.05) is 25.6 Å². The van der Waals surface area contributed by atoms with Crippen LogP contribution in [0.2, 0.25) is 0 Å². The molecule has 0 aromatic carbocycles. The van der Waals surface area contributed by atoms with E-state index >= 15 is 0 Å². The van der Waals surface area contributed by atoms with Crippen LogP contribution in [0.5, 0.6) is 0 Å². The lowest BCUT2D eigenvalue weighted by molar-refractivity contribution is -0.128. The maximum Gasteiger partial charge on any atom is 0.246 e. The van der Waals surface area contributed by atoms with Crippen LogP contribution in [0.3, 0.4) is 0 Å². The fourth-order valence-corrected chi connectivity index (χ4v) is 2.46. The van der Waals surface area contributed by atoms with Gasteiger partial charge in [0.2, 0.25) is 5.91 Å². The standard InChI is InChI=1S/C14H24N4O2/c1-10(13-8-16-18(3)11(13)2)17-14(19)9-20-12-4-6-15-7-5-12/h8,10,12,15H,4-7,9H2,1-3H3,(H,17,19). The van der Waals surface area contributed by atoms with E-state index in [1.165, 1.54) is 0 Å². The van der Waals surface area contributed by atoms with Gasteiger partial charge < -0.3 is 15.4 Å². The number of ether oxygens (including phenoxy) is 1. The monoisotopic (exact) mass is 280 g/mol. The molecule has 0 spiro atoms. The molecule has 0 bridgehead atoms. The molecule has 1 aliphatic heterocycles. The SMILES string of the molecule is Cc1c(C(C)NC(=O)COC2CCNCC2)cnn1C. The highest BCUT2D eigenvalue weighted by Crippen LogP contribution is 2.15. The van der Waals surface area contributed by atoms with Crippen molar-refractivity contribution in [3.63, 3.8) is 0 Å². The maximum atomic E-state index is 11.9. The number of piperidine rings is 1. The number of carbonyl (C=O) groups excluding carboxylic acids is 1. The lowest BCUT2D eigenvalue weighted by Crippen LogP contribution is -2.36. The molecular formula is C14H24N4O2. The van der Waals surface area contributed by atoms with E-state index in [9.17, 15) is 4.79 Å². The highest BCUT2D eigenvalue weighted by Gasteiger charge is 2.17. The molecule has 1 saturated heterocycles. The molecule has 6 nitrogen and oxygen atoms in total. The van der Waals surface area contributed by atoms with Crippen molar-refractivity contribution in [2.24, 2.45) is 7.05 Å². The Bertz CT molecular complexity index is 452. The van der Waals surface area contributed by atoms with Crippen LogP contribution in [0.1, 0.15) is 37.1 Å². The van der Waals surface area contributed by atoms with Crippen molar-refractivity contribution in [2.75, 3.05) is 19.7 Å². The lowest BCUT2D eigenvalue weighted by Gasteiger charge is -2.23. The largest absolute Gasteiger partial charge is 0.368 e. The van der Waals surface area contributed by atoms with Gasteiger partial charge in [-0.1, -0.05) is 0 Å². The zero-order valence-corrected chi connectivity index (χ0v) is 12.5.